The lowest BCUT2D eigenvalue weighted by atomic mass is 10.0. The van der Waals surface area contributed by atoms with E-state index in [0.29, 0.717) is 17.8 Å². The van der Waals surface area contributed by atoms with Crippen LogP contribution in [0.4, 0.5) is 10.5 Å². The Kier molecular flexibility index (Phi) is 4.85. The molecule has 1 aromatic rings. The number of fused-ring (bicyclic) bond motifs is 1. The number of rotatable bonds is 4. The molecule has 0 bridgehead atoms. The van der Waals surface area contributed by atoms with Gasteiger partial charge in [0.1, 0.15) is 11.9 Å². The predicted octanol–water partition coefficient (Wildman–Crippen LogP) is 0.213. The Bertz CT molecular complexity index is 894. The third-order valence-electron chi connectivity index (χ3n) is 4.76. The van der Waals surface area contributed by atoms with Gasteiger partial charge < -0.3 is 15.5 Å². The Morgan fingerprint density at radius 2 is 1.89 bits per heavy atom. The van der Waals surface area contributed by atoms with Gasteiger partial charge in [0.05, 0.1) is 12.3 Å². The van der Waals surface area contributed by atoms with E-state index in [4.69, 9.17) is 5.73 Å². The molecule has 27 heavy (non-hydrogen) atoms. The highest BCUT2D eigenvalue weighted by Crippen LogP contribution is 2.35. The fourth-order valence-electron chi connectivity index (χ4n) is 3.70. The molecule has 2 heterocycles. The van der Waals surface area contributed by atoms with Crippen LogP contribution in [0, 0.1) is 0 Å². The summed E-state index contributed by atoms with van der Waals surface area (Å²) in [6.07, 6.45) is 2.64. The van der Waals surface area contributed by atoms with Crippen molar-refractivity contribution in [2.24, 2.45) is 10.1 Å². The molecule has 146 valence electrons. The first-order valence-electron chi connectivity index (χ1n) is 8.57. The van der Waals surface area contributed by atoms with Gasteiger partial charge in [-0.3, -0.25) is 9.69 Å². The topological polar surface area (TPSA) is 116 Å². The average Bonchev–Trinajstić information content (AvgIpc) is 3.14. The molecule has 0 aromatic heterocycles. The van der Waals surface area contributed by atoms with Crippen molar-refractivity contribution in [3.05, 3.63) is 29.8 Å². The minimum atomic E-state index is -3.57. The molecule has 2 aliphatic heterocycles. The van der Waals surface area contributed by atoms with Gasteiger partial charge in [-0.2, -0.15) is 0 Å². The number of anilines is 1. The van der Waals surface area contributed by atoms with Gasteiger partial charge in [-0.25, -0.2) is 13.2 Å². The summed E-state index contributed by atoms with van der Waals surface area (Å²) in [6, 6.07) is 5.57. The number of amides is 3. The van der Waals surface area contributed by atoms with E-state index in [1.807, 2.05) is 0 Å². The van der Waals surface area contributed by atoms with Crippen molar-refractivity contribution in [2.45, 2.75) is 24.9 Å². The van der Waals surface area contributed by atoms with Gasteiger partial charge in [0, 0.05) is 31.9 Å². The fourth-order valence-corrected chi connectivity index (χ4v) is 4.28. The number of carbonyl (C=O) groups is 2. The first-order valence-corrected chi connectivity index (χ1v) is 10.4. The summed E-state index contributed by atoms with van der Waals surface area (Å²) in [5.74, 6) is -0.252. The van der Waals surface area contributed by atoms with Gasteiger partial charge >= 0.3 is 6.03 Å². The fraction of sp³-hybridized carbons (Fsp3) is 0.471. The molecule has 0 aliphatic carbocycles. The Balaban J connectivity index is 1.96. The molecule has 2 N–H and O–H groups in total. The van der Waals surface area contributed by atoms with E-state index in [1.165, 1.54) is 4.90 Å². The Hall–Kier alpha value is -2.62. The highest BCUT2D eigenvalue weighted by atomic mass is 32.2. The lowest BCUT2D eigenvalue weighted by molar-refractivity contribution is -0.119. The largest absolute Gasteiger partial charge is 0.368 e. The number of urea groups is 1. The molecule has 9 nitrogen and oxygen atoms in total. The summed E-state index contributed by atoms with van der Waals surface area (Å²) in [5, 5.41) is 0. The zero-order chi connectivity index (χ0) is 19.9. The smallest absolute Gasteiger partial charge is 0.325 e. The van der Waals surface area contributed by atoms with E-state index < -0.39 is 22.0 Å². The van der Waals surface area contributed by atoms with Crippen molar-refractivity contribution in [3.63, 3.8) is 0 Å². The van der Waals surface area contributed by atoms with Crippen molar-refractivity contribution >= 4 is 33.5 Å². The molecule has 1 aromatic carbocycles. The first-order chi connectivity index (χ1) is 12.6. The molecule has 2 atom stereocenters. The van der Waals surface area contributed by atoms with Crippen LogP contribution in [-0.2, 0) is 14.8 Å². The molecule has 2 aliphatic rings. The van der Waals surface area contributed by atoms with Gasteiger partial charge in [-0.15, -0.1) is 4.40 Å². The summed E-state index contributed by atoms with van der Waals surface area (Å²) in [4.78, 5) is 29.5. The summed E-state index contributed by atoms with van der Waals surface area (Å²) >= 11 is 0. The third kappa shape index (κ3) is 3.61. The Labute approximate surface area is 158 Å². The van der Waals surface area contributed by atoms with E-state index >= 15 is 0 Å². The van der Waals surface area contributed by atoms with Gasteiger partial charge in [0.15, 0.2) is 0 Å². The predicted molar refractivity (Wildman–Crippen MR) is 102 cm³/mol. The van der Waals surface area contributed by atoms with E-state index in [1.54, 1.807) is 48.2 Å². The lowest BCUT2D eigenvalue weighted by Crippen LogP contribution is -2.46. The van der Waals surface area contributed by atoms with Crippen LogP contribution in [0.3, 0.4) is 0 Å². The van der Waals surface area contributed by atoms with E-state index in [9.17, 15) is 18.0 Å². The first kappa shape index (κ1) is 19.2. The third-order valence-corrected chi connectivity index (χ3v) is 5.27. The van der Waals surface area contributed by atoms with Crippen molar-refractivity contribution in [3.8, 4) is 0 Å². The van der Waals surface area contributed by atoms with Crippen molar-refractivity contribution in [2.75, 3.05) is 31.8 Å². The van der Waals surface area contributed by atoms with Gasteiger partial charge in [0.2, 0.25) is 5.91 Å². The zero-order valence-corrected chi connectivity index (χ0v) is 16.3. The van der Waals surface area contributed by atoms with Crippen LogP contribution in [0.1, 0.15) is 18.4 Å². The summed E-state index contributed by atoms with van der Waals surface area (Å²) in [7, 11) is -0.180. The number of nitrogens with zero attached hydrogens (tertiary/aromatic N) is 4. The highest BCUT2D eigenvalue weighted by Gasteiger charge is 2.51. The average molecular weight is 393 g/mol. The van der Waals surface area contributed by atoms with Crippen LogP contribution in [0.15, 0.2) is 28.7 Å². The van der Waals surface area contributed by atoms with Crippen molar-refractivity contribution in [1.82, 2.24) is 9.80 Å². The van der Waals surface area contributed by atoms with Gasteiger partial charge in [0.25, 0.3) is 10.0 Å². The van der Waals surface area contributed by atoms with Crippen LogP contribution in [-0.4, -0.2) is 75.0 Å². The van der Waals surface area contributed by atoms with Crippen LogP contribution in [0.2, 0.25) is 0 Å². The second-order valence-electron chi connectivity index (χ2n) is 6.99. The number of benzene rings is 1. The molecular weight excluding hydrogens is 370 g/mol. The van der Waals surface area contributed by atoms with E-state index in [2.05, 4.69) is 4.40 Å². The maximum Gasteiger partial charge on any atom is 0.325 e. The summed E-state index contributed by atoms with van der Waals surface area (Å²) in [5.41, 5.74) is 6.70. The van der Waals surface area contributed by atoms with Crippen molar-refractivity contribution < 1.29 is 18.0 Å². The van der Waals surface area contributed by atoms with E-state index in [-0.39, 0.29) is 17.9 Å². The molecule has 10 heteroatoms. The highest BCUT2D eigenvalue weighted by molar-refractivity contribution is 7.89. The lowest BCUT2D eigenvalue weighted by Gasteiger charge is -2.24. The molecule has 3 rings (SSSR count). The maximum atomic E-state index is 12.7. The van der Waals surface area contributed by atoms with Crippen LogP contribution in [0.5, 0.6) is 0 Å². The number of nitrogens with two attached hydrogens (primary N) is 1. The quantitative estimate of drug-likeness (QED) is 0.580. The van der Waals surface area contributed by atoms with Crippen molar-refractivity contribution in [1.29, 1.82) is 0 Å². The van der Waals surface area contributed by atoms with Crippen LogP contribution in [0.25, 0.3) is 0 Å². The molecule has 0 spiro atoms. The minimum Gasteiger partial charge on any atom is -0.368 e. The number of amidine groups is 1. The van der Waals surface area contributed by atoms with Crippen LogP contribution < -0.4 is 10.6 Å². The summed E-state index contributed by atoms with van der Waals surface area (Å²) < 4.78 is 26.9. The molecule has 3 amide bonds. The standard InChI is InChI=1S/C17H23N5O4S/c1-20(2)16(19-27(3,25)26)11-6-8-12(9-7-11)22-14(15(18)23)13-5-4-10-21(13)17(22)24/h6-9,13-14H,4-5,10H2,1-3H3,(H2,18,23)/t13-,14?/m1/s1. The summed E-state index contributed by atoms with van der Waals surface area (Å²) in [6.45, 7) is 0.619. The number of hydrogen-bond acceptors (Lipinski definition) is 4. The minimum absolute atomic E-state index is 0.196. The number of sulfonamides is 1. The SMILES string of the molecule is CN(C)C(=NS(C)(=O)=O)c1ccc(N2C(=O)N3CCC[C@@H]3C2C(N)=O)cc1. The molecule has 0 saturated carbocycles. The van der Waals surface area contributed by atoms with Gasteiger partial charge in [-0.1, -0.05) is 0 Å². The maximum absolute atomic E-state index is 12.7. The second kappa shape index (κ2) is 6.84. The Morgan fingerprint density at radius 1 is 1.26 bits per heavy atom. The monoisotopic (exact) mass is 393 g/mol. The van der Waals surface area contributed by atoms with Gasteiger partial charge in [-0.05, 0) is 37.1 Å². The molecule has 0 radical (unpaired) electrons. The van der Waals surface area contributed by atoms with Crippen LogP contribution >= 0.6 is 0 Å². The normalized spacial score (nSPS) is 22.9. The zero-order valence-electron chi connectivity index (χ0n) is 15.5. The number of carbonyl (C=O) groups excluding carboxylic acids is 2. The number of hydrogen-bond donors (Lipinski definition) is 1. The number of primary amides is 1. The molecule has 2 fully saturated rings. The second-order valence-corrected chi connectivity index (χ2v) is 8.64. The molecular formula is C17H23N5O4S. The van der Waals surface area contributed by atoms with E-state index in [0.717, 1.165) is 19.1 Å². The molecule has 2 saturated heterocycles. The molecule has 1 unspecified atom stereocenters. The Morgan fingerprint density at radius 3 is 2.41 bits per heavy atom.